The molecule has 104 valence electrons. The third-order valence-corrected chi connectivity index (χ3v) is 5.30. The van der Waals surface area contributed by atoms with Gasteiger partial charge in [0.15, 0.2) is 0 Å². The number of rotatable bonds is 0. The van der Waals surface area contributed by atoms with E-state index in [1.807, 2.05) is 6.92 Å². The molecule has 2 fully saturated rings. The Kier molecular flexibility index (Phi) is 1.88. The first-order valence-electron chi connectivity index (χ1n) is 6.63. The molecule has 1 saturated heterocycles. The van der Waals surface area contributed by atoms with Crippen molar-refractivity contribution in [2.45, 2.75) is 20.3 Å². The normalized spacial score (nSPS) is 45.5. The Balaban J connectivity index is 2.02. The minimum atomic E-state index is -0.847. The number of carbonyl (C=O) groups is 4. The monoisotopic (exact) mass is 276 g/mol. The van der Waals surface area contributed by atoms with Crippen LogP contribution >= 0.6 is 0 Å². The molecule has 0 aromatic carbocycles. The minimum Gasteiger partial charge on any atom is -0.393 e. The van der Waals surface area contributed by atoms with Crippen LogP contribution in [0.15, 0.2) is 11.1 Å². The van der Waals surface area contributed by atoms with Crippen molar-refractivity contribution in [1.82, 2.24) is 0 Å². The van der Waals surface area contributed by atoms with E-state index in [9.17, 15) is 19.2 Å². The van der Waals surface area contributed by atoms with Crippen molar-refractivity contribution < 1.29 is 28.7 Å². The number of cyclic esters (lactones) is 4. The van der Waals surface area contributed by atoms with Crippen LogP contribution in [-0.4, -0.2) is 23.9 Å². The Morgan fingerprint density at radius 3 is 2.40 bits per heavy atom. The molecule has 6 nitrogen and oxygen atoms in total. The molecule has 20 heavy (non-hydrogen) atoms. The molecule has 2 heterocycles. The topological polar surface area (TPSA) is 86.7 Å². The molecule has 2 bridgehead atoms. The van der Waals surface area contributed by atoms with Gasteiger partial charge in [-0.05, 0) is 12.3 Å². The zero-order chi connectivity index (χ0) is 14.4. The van der Waals surface area contributed by atoms with E-state index in [1.165, 1.54) is 0 Å². The predicted molar refractivity (Wildman–Crippen MR) is 61.6 cm³/mol. The third kappa shape index (κ3) is 1.04. The summed E-state index contributed by atoms with van der Waals surface area (Å²) < 4.78 is 9.49. The summed E-state index contributed by atoms with van der Waals surface area (Å²) in [6.45, 7) is 3.68. The molecule has 0 radical (unpaired) electrons. The van der Waals surface area contributed by atoms with E-state index in [0.717, 1.165) is 0 Å². The lowest BCUT2D eigenvalue weighted by molar-refractivity contribution is -0.154. The van der Waals surface area contributed by atoms with Crippen molar-refractivity contribution in [2.24, 2.45) is 29.1 Å². The molecule has 0 aromatic rings. The second-order valence-corrected chi connectivity index (χ2v) is 6.33. The SMILES string of the molecule is CC1CC2(C)C3=C(C(=O)OC3=O)C1C1C(=O)OC(=O)C12. The summed E-state index contributed by atoms with van der Waals surface area (Å²) in [6, 6.07) is 0. The van der Waals surface area contributed by atoms with Crippen molar-refractivity contribution in [2.75, 3.05) is 0 Å². The van der Waals surface area contributed by atoms with Crippen molar-refractivity contribution in [3.63, 3.8) is 0 Å². The molecule has 5 atom stereocenters. The predicted octanol–water partition coefficient (Wildman–Crippen LogP) is 0.358. The molecular formula is C14H12O6. The molecule has 5 unspecified atom stereocenters. The average molecular weight is 276 g/mol. The highest BCUT2D eigenvalue weighted by Gasteiger charge is 2.70. The van der Waals surface area contributed by atoms with Gasteiger partial charge in [-0.15, -0.1) is 0 Å². The van der Waals surface area contributed by atoms with Crippen LogP contribution in [0.5, 0.6) is 0 Å². The number of carbonyl (C=O) groups excluding carboxylic acids is 4. The second kappa shape index (κ2) is 3.19. The molecular weight excluding hydrogens is 264 g/mol. The maximum absolute atomic E-state index is 12.0. The third-order valence-electron chi connectivity index (χ3n) is 5.30. The molecule has 5 rings (SSSR count). The van der Waals surface area contributed by atoms with Gasteiger partial charge in [0.1, 0.15) is 0 Å². The molecule has 3 aliphatic carbocycles. The van der Waals surface area contributed by atoms with Crippen LogP contribution in [0.4, 0.5) is 0 Å². The minimum absolute atomic E-state index is 0.0249. The highest BCUT2D eigenvalue weighted by atomic mass is 16.6. The van der Waals surface area contributed by atoms with Gasteiger partial charge in [0.05, 0.1) is 23.0 Å². The Bertz CT molecular complexity index is 644. The Morgan fingerprint density at radius 2 is 1.70 bits per heavy atom. The standard InChI is InChI=1S/C14H12O6/c1-4-3-14(2)8-6(10(15)19-12(8)17)5(4)7-9(14)13(18)20-11(7)16/h4-6,8H,3H2,1-2H3. The van der Waals surface area contributed by atoms with Crippen LogP contribution < -0.4 is 0 Å². The number of hydrogen-bond acceptors (Lipinski definition) is 6. The van der Waals surface area contributed by atoms with E-state index in [2.05, 4.69) is 0 Å². The van der Waals surface area contributed by atoms with Crippen LogP contribution in [0.1, 0.15) is 20.3 Å². The summed E-state index contributed by atoms with van der Waals surface area (Å²) in [7, 11) is 0. The van der Waals surface area contributed by atoms with Gasteiger partial charge in [0.25, 0.3) is 0 Å². The fraction of sp³-hybridized carbons (Fsp3) is 0.571. The summed E-state index contributed by atoms with van der Waals surface area (Å²) >= 11 is 0. The van der Waals surface area contributed by atoms with Crippen molar-refractivity contribution in [3.8, 4) is 0 Å². The van der Waals surface area contributed by atoms with Crippen LogP contribution in [0.25, 0.3) is 0 Å². The van der Waals surface area contributed by atoms with Gasteiger partial charge in [-0.3, -0.25) is 9.59 Å². The Hall–Kier alpha value is -1.98. The van der Waals surface area contributed by atoms with Gasteiger partial charge in [0.2, 0.25) is 0 Å². The smallest absolute Gasteiger partial charge is 0.343 e. The highest BCUT2D eigenvalue weighted by Crippen LogP contribution is 2.64. The lowest BCUT2D eigenvalue weighted by Crippen LogP contribution is -2.53. The van der Waals surface area contributed by atoms with Crippen LogP contribution in [0, 0.1) is 29.1 Å². The molecule has 0 spiro atoms. The van der Waals surface area contributed by atoms with E-state index in [0.29, 0.717) is 17.6 Å². The van der Waals surface area contributed by atoms with Gasteiger partial charge in [-0.1, -0.05) is 13.8 Å². The molecule has 2 aliphatic heterocycles. The summed E-state index contributed by atoms with van der Waals surface area (Å²) in [4.78, 5) is 47.9. The lowest BCUT2D eigenvalue weighted by Gasteiger charge is -2.51. The Labute approximate surface area is 114 Å². The van der Waals surface area contributed by atoms with Crippen molar-refractivity contribution in [3.05, 3.63) is 11.1 Å². The van der Waals surface area contributed by atoms with E-state index in [4.69, 9.17) is 9.47 Å². The van der Waals surface area contributed by atoms with Crippen molar-refractivity contribution in [1.29, 1.82) is 0 Å². The van der Waals surface area contributed by atoms with E-state index >= 15 is 0 Å². The second-order valence-electron chi connectivity index (χ2n) is 6.33. The molecule has 6 heteroatoms. The largest absolute Gasteiger partial charge is 0.393 e. The molecule has 0 N–H and O–H groups in total. The summed E-state index contributed by atoms with van der Waals surface area (Å²) in [6.07, 6.45) is 0.572. The lowest BCUT2D eigenvalue weighted by atomic mass is 9.47. The first-order chi connectivity index (χ1) is 9.36. The van der Waals surface area contributed by atoms with Gasteiger partial charge in [0, 0.05) is 11.3 Å². The van der Waals surface area contributed by atoms with Crippen LogP contribution in [0.2, 0.25) is 0 Å². The highest BCUT2D eigenvalue weighted by molar-refractivity contribution is 6.16. The van der Waals surface area contributed by atoms with Gasteiger partial charge < -0.3 is 9.47 Å². The number of fused-ring (bicyclic) bond motifs is 1. The first kappa shape index (κ1) is 11.8. The Morgan fingerprint density at radius 1 is 1.00 bits per heavy atom. The summed E-state index contributed by atoms with van der Waals surface area (Å²) in [5.41, 5.74) is -0.261. The van der Waals surface area contributed by atoms with Gasteiger partial charge in [-0.2, -0.15) is 0 Å². The number of ether oxygens (including phenoxy) is 2. The van der Waals surface area contributed by atoms with Crippen molar-refractivity contribution >= 4 is 23.9 Å². The van der Waals surface area contributed by atoms with Crippen LogP contribution in [0.3, 0.4) is 0 Å². The fourth-order valence-corrected chi connectivity index (χ4v) is 4.77. The zero-order valence-corrected chi connectivity index (χ0v) is 11.0. The van der Waals surface area contributed by atoms with Gasteiger partial charge >= 0.3 is 23.9 Å². The summed E-state index contributed by atoms with van der Waals surface area (Å²) in [5, 5.41) is 0. The summed E-state index contributed by atoms with van der Waals surface area (Å²) in [5.74, 6) is -4.26. The van der Waals surface area contributed by atoms with Gasteiger partial charge in [-0.25, -0.2) is 9.59 Å². The van der Waals surface area contributed by atoms with E-state index in [-0.39, 0.29) is 5.92 Å². The van der Waals surface area contributed by atoms with Crippen LogP contribution in [-0.2, 0) is 28.7 Å². The molecule has 0 amide bonds. The van der Waals surface area contributed by atoms with E-state index < -0.39 is 47.0 Å². The van der Waals surface area contributed by atoms with E-state index in [1.54, 1.807) is 6.92 Å². The number of esters is 4. The first-order valence-corrected chi connectivity index (χ1v) is 6.63. The maximum Gasteiger partial charge on any atom is 0.343 e. The molecule has 0 aromatic heterocycles. The quantitative estimate of drug-likeness (QED) is 0.469. The zero-order valence-electron chi connectivity index (χ0n) is 11.0. The molecule has 1 saturated carbocycles. The average Bonchev–Trinajstić information content (AvgIpc) is 2.80. The number of hydrogen-bond donors (Lipinski definition) is 0. The molecule has 5 aliphatic rings. The fourth-order valence-electron chi connectivity index (χ4n) is 4.77. The maximum atomic E-state index is 12.0.